The summed E-state index contributed by atoms with van der Waals surface area (Å²) in [4.78, 5) is 13.0. The van der Waals surface area contributed by atoms with Crippen molar-refractivity contribution in [2.24, 2.45) is 0 Å². The molecule has 0 unspecified atom stereocenters. The van der Waals surface area contributed by atoms with Crippen LogP contribution in [0.3, 0.4) is 0 Å². The number of aromatic hydroxyl groups is 1. The molecular formula is C20H16N2O2. The van der Waals surface area contributed by atoms with Crippen LogP contribution in [0.5, 0.6) is 5.75 Å². The molecule has 0 amide bonds. The molecule has 0 atom stereocenters. The average molecular weight is 316 g/mol. The van der Waals surface area contributed by atoms with Crippen LogP contribution in [0.1, 0.15) is 5.69 Å². The molecule has 0 radical (unpaired) electrons. The number of hydrogen-bond donors (Lipinski definition) is 2. The predicted octanol–water partition coefficient (Wildman–Crippen LogP) is 4.00. The van der Waals surface area contributed by atoms with E-state index < -0.39 is 0 Å². The molecule has 0 fully saturated rings. The summed E-state index contributed by atoms with van der Waals surface area (Å²) in [6.45, 7) is 1.86. The Labute approximate surface area is 138 Å². The number of benzene rings is 3. The molecule has 2 N–H and O–H groups in total. The third-order valence-corrected chi connectivity index (χ3v) is 4.24. The molecule has 1 heterocycles. The number of rotatable bonds is 2. The molecule has 0 saturated heterocycles. The van der Waals surface area contributed by atoms with E-state index in [1.807, 2.05) is 67.6 Å². The van der Waals surface area contributed by atoms with Gasteiger partial charge in [0, 0.05) is 11.1 Å². The van der Waals surface area contributed by atoms with Crippen molar-refractivity contribution in [1.82, 2.24) is 9.78 Å². The average Bonchev–Trinajstić information content (AvgIpc) is 2.90. The fraction of sp³-hybridized carbons (Fsp3) is 0.0500. The van der Waals surface area contributed by atoms with Gasteiger partial charge >= 0.3 is 0 Å². The summed E-state index contributed by atoms with van der Waals surface area (Å²) in [6.07, 6.45) is 0. The van der Waals surface area contributed by atoms with Gasteiger partial charge in [-0.15, -0.1) is 0 Å². The predicted molar refractivity (Wildman–Crippen MR) is 95.7 cm³/mol. The number of H-pyrrole nitrogens is 1. The van der Waals surface area contributed by atoms with Gasteiger partial charge in [-0.25, -0.2) is 4.68 Å². The zero-order valence-electron chi connectivity index (χ0n) is 13.2. The molecule has 0 saturated carbocycles. The van der Waals surface area contributed by atoms with Crippen molar-refractivity contribution in [2.75, 3.05) is 0 Å². The fourth-order valence-electron chi connectivity index (χ4n) is 3.13. The van der Waals surface area contributed by atoms with E-state index in [0.29, 0.717) is 11.3 Å². The quantitative estimate of drug-likeness (QED) is 0.587. The monoisotopic (exact) mass is 316 g/mol. The van der Waals surface area contributed by atoms with Crippen LogP contribution < -0.4 is 5.56 Å². The standard InChI is InChI=1S/C20H16N2O2/c1-13-18(15-8-3-2-4-9-15)20(24)22(21-13)19-16-10-6-5-7-14(16)11-12-17(19)23/h2-12,21,23H,1H3. The van der Waals surface area contributed by atoms with Gasteiger partial charge < -0.3 is 5.11 Å². The van der Waals surface area contributed by atoms with Crippen LogP contribution in [0.25, 0.3) is 27.6 Å². The second-order valence-corrected chi connectivity index (χ2v) is 5.77. The molecule has 0 spiro atoms. The highest BCUT2D eigenvalue weighted by molar-refractivity contribution is 5.92. The summed E-state index contributed by atoms with van der Waals surface area (Å²) in [5.74, 6) is 0.0664. The Morgan fingerprint density at radius 2 is 1.62 bits per heavy atom. The molecule has 4 nitrogen and oxygen atoms in total. The van der Waals surface area contributed by atoms with Gasteiger partial charge in [0.05, 0.1) is 5.56 Å². The first-order valence-corrected chi connectivity index (χ1v) is 7.75. The minimum Gasteiger partial charge on any atom is -0.506 e. The molecule has 4 rings (SSSR count). The van der Waals surface area contributed by atoms with E-state index in [1.165, 1.54) is 4.68 Å². The lowest BCUT2D eigenvalue weighted by Gasteiger charge is -2.09. The van der Waals surface area contributed by atoms with Gasteiger partial charge in [0.1, 0.15) is 11.4 Å². The van der Waals surface area contributed by atoms with Crippen LogP contribution in [-0.4, -0.2) is 14.9 Å². The molecule has 0 bridgehead atoms. The maximum atomic E-state index is 13.0. The lowest BCUT2D eigenvalue weighted by Crippen LogP contribution is -2.16. The minimum absolute atomic E-state index is 0.0664. The number of hydrogen-bond acceptors (Lipinski definition) is 2. The normalized spacial score (nSPS) is 11.0. The molecule has 4 heteroatoms. The van der Waals surface area contributed by atoms with E-state index in [9.17, 15) is 9.90 Å². The number of nitrogens with one attached hydrogen (secondary N) is 1. The molecule has 0 aliphatic rings. The second-order valence-electron chi connectivity index (χ2n) is 5.77. The molecule has 3 aromatic carbocycles. The third kappa shape index (κ3) is 2.12. The van der Waals surface area contributed by atoms with Crippen molar-refractivity contribution >= 4 is 10.8 Å². The van der Waals surface area contributed by atoms with Gasteiger partial charge in [0.15, 0.2) is 0 Å². The van der Waals surface area contributed by atoms with Crippen LogP contribution in [0, 0.1) is 6.92 Å². The summed E-state index contributed by atoms with van der Waals surface area (Å²) in [6, 6.07) is 20.7. The Morgan fingerprint density at radius 3 is 2.42 bits per heavy atom. The molecule has 0 aliphatic heterocycles. The van der Waals surface area contributed by atoms with Crippen molar-refractivity contribution in [2.45, 2.75) is 6.92 Å². The van der Waals surface area contributed by atoms with Crippen molar-refractivity contribution in [3.8, 4) is 22.6 Å². The van der Waals surface area contributed by atoms with Crippen molar-refractivity contribution < 1.29 is 5.11 Å². The summed E-state index contributed by atoms with van der Waals surface area (Å²) < 4.78 is 1.43. The fourth-order valence-corrected chi connectivity index (χ4v) is 3.13. The number of aryl methyl sites for hydroxylation is 1. The van der Waals surface area contributed by atoms with E-state index in [1.54, 1.807) is 6.07 Å². The van der Waals surface area contributed by atoms with Gasteiger partial charge in [-0.1, -0.05) is 60.7 Å². The Balaban J connectivity index is 2.04. The number of phenolic OH excluding ortho intramolecular Hbond substituents is 1. The van der Waals surface area contributed by atoms with Crippen LogP contribution >= 0.6 is 0 Å². The number of aromatic nitrogens is 2. The van der Waals surface area contributed by atoms with E-state index in [2.05, 4.69) is 5.10 Å². The third-order valence-electron chi connectivity index (χ3n) is 4.24. The number of phenols is 1. The SMILES string of the molecule is Cc1[nH]n(-c2c(O)ccc3ccccc23)c(=O)c1-c1ccccc1. The van der Waals surface area contributed by atoms with Crippen LogP contribution in [0.2, 0.25) is 0 Å². The first-order valence-electron chi connectivity index (χ1n) is 7.75. The van der Waals surface area contributed by atoms with Crippen LogP contribution in [0.15, 0.2) is 71.5 Å². The van der Waals surface area contributed by atoms with Crippen LogP contribution in [0.4, 0.5) is 0 Å². The van der Waals surface area contributed by atoms with Gasteiger partial charge in [-0.05, 0) is 23.9 Å². The molecule has 0 aliphatic carbocycles. The van der Waals surface area contributed by atoms with Crippen molar-refractivity contribution in [3.63, 3.8) is 0 Å². The zero-order chi connectivity index (χ0) is 16.7. The number of nitrogens with zero attached hydrogens (tertiary/aromatic N) is 1. The molecule has 24 heavy (non-hydrogen) atoms. The Bertz CT molecular complexity index is 1090. The zero-order valence-corrected chi connectivity index (χ0v) is 13.2. The summed E-state index contributed by atoms with van der Waals surface area (Å²) in [5.41, 5.74) is 2.53. The molecule has 1 aromatic heterocycles. The number of aromatic amines is 1. The van der Waals surface area contributed by atoms with E-state index in [0.717, 1.165) is 22.0 Å². The first-order chi connectivity index (χ1) is 11.7. The molecule has 4 aromatic rings. The summed E-state index contributed by atoms with van der Waals surface area (Å²) in [7, 11) is 0. The lowest BCUT2D eigenvalue weighted by molar-refractivity contribution is 0.471. The van der Waals surface area contributed by atoms with Gasteiger partial charge in [0.25, 0.3) is 5.56 Å². The van der Waals surface area contributed by atoms with Gasteiger partial charge in [-0.2, -0.15) is 0 Å². The topological polar surface area (TPSA) is 58.0 Å². The van der Waals surface area contributed by atoms with E-state index in [4.69, 9.17) is 0 Å². The number of fused-ring (bicyclic) bond motifs is 1. The molecular weight excluding hydrogens is 300 g/mol. The van der Waals surface area contributed by atoms with E-state index in [-0.39, 0.29) is 11.3 Å². The first kappa shape index (κ1) is 14.3. The van der Waals surface area contributed by atoms with Crippen molar-refractivity contribution in [3.05, 3.63) is 82.8 Å². The summed E-state index contributed by atoms with van der Waals surface area (Å²) in [5, 5.41) is 15.3. The highest BCUT2D eigenvalue weighted by Crippen LogP contribution is 2.30. The van der Waals surface area contributed by atoms with Crippen molar-refractivity contribution in [1.29, 1.82) is 0 Å². The Hall–Kier alpha value is -3.27. The highest BCUT2D eigenvalue weighted by Gasteiger charge is 2.17. The highest BCUT2D eigenvalue weighted by atomic mass is 16.3. The lowest BCUT2D eigenvalue weighted by atomic mass is 10.1. The van der Waals surface area contributed by atoms with Crippen LogP contribution in [-0.2, 0) is 0 Å². The Morgan fingerprint density at radius 1 is 0.917 bits per heavy atom. The van der Waals surface area contributed by atoms with E-state index >= 15 is 0 Å². The van der Waals surface area contributed by atoms with Gasteiger partial charge in [-0.3, -0.25) is 9.89 Å². The second kappa shape index (κ2) is 5.42. The Kier molecular flexibility index (Phi) is 3.24. The largest absolute Gasteiger partial charge is 0.506 e. The summed E-state index contributed by atoms with van der Waals surface area (Å²) >= 11 is 0. The maximum absolute atomic E-state index is 13.0. The molecule has 118 valence electrons. The smallest absolute Gasteiger partial charge is 0.279 e. The minimum atomic E-state index is -0.176. The van der Waals surface area contributed by atoms with Gasteiger partial charge in [0.2, 0.25) is 0 Å². The maximum Gasteiger partial charge on any atom is 0.279 e.